The molecule has 0 saturated heterocycles. The fraction of sp³-hybridized carbons (Fsp3) is 0.467. The lowest BCUT2D eigenvalue weighted by molar-refractivity contribution is 0.409. The van der Waals surface area contributed by atoms with Gasteiger partial charge in [-0.15, -0.1) is 0 Å². The number of aromatic nitrogens is 3. The van der Waals surface area contributed by atoms with Gasteiger partial charge in [0.1, 0.15) is 17.9 Å². The van der Waals surface area contributed by atoms with Crippen molar-refractivity contribution in [2.75, 3.05) is 7.11 Å². The molecular formula is C15H21BrN4O. The minimum absolute atomic E-state index is 0.0555. The maximum absolute atomic E-state index is 5.24. The van der Waals surface area contributed by atoms with Crippen LogP contribution in [-0.2, 0) is 13.1 Å². The van der Waals surface area contributed by atoms with E-state index in [0.717, 1.165) is 21.6 Å². The molecule has 0 fully saturated rings. The summed E-state index contributed by atoms with van der Waals surface area (Å²) < 4.78 is 8.09. The number of methoxy groups -OCH3 is 1. The summed E-state index contributed by atoms with van der Waals surface area (Å²) in [5, 5.41) is 7.73. The van der Waals surface area contributed by atoms with Gasteiger partial charge in [-0.3, -0.25) is 0 Å². The van der Waals surface area contributed by atoms with Crippen molar-refractivity contribution in [3.05, 3.63) is 40.4 Å². The minimum Gasteiger partial charge on any atom is -0.496 e. The third-order valence-electron chi connectivity index (χ3n) is 3.02. The average molecular weight is 353 g/mol. The Balaban J connectivity index is 2.10. The third kappa shape index (κ3) is 4.54. The van der Waals surface area contributed by atoms with E-state index in [0.29, 0.717) is 13.1 Å². The van der Waals surface area contributed by atoms with Crippen molar-refractivity contribution in [1.29, 1.82) is 0 Å². The first-order chi connectivity index (χ1) is 9.89. The van der Waals surface area contributed by atoms with Crippen LogP contribution in [0.25, 0.3) is 0 Å². The van der Waals surface area contributed by atoms with Gasteiger partial charge in [-0.2, -0.15) is 5.10 Å². The second-order valence-electron chi connectivity index (χ2n) is 5.91. The van der Waals surface area contributed by atoms with Crippen LogP contribution in [0.4, 0.5) is 0 Å². The molecule has 0 saturated carbocycles. The highest BCUT2D eigenvalue weighted by molar-refractivity contribution is 9.10. The standard InChI is InChI=1S/C15H21BrN4O/c1-15(2,3)18-8-14-17-10-19-20(14)9-11-5-6-13(21-4)12(16)7-11/h5-7,10,18H,8-9H2,1-4H3. The maximum atomic E-state index is 5.24. The van der Waals surface area contributed by atoms with Gasteiger partial charge >= 0.3 is 0 Å². The summed E-state index contributed by atoms with van der Waals surface area (Å²) in [7, 11) is 1.66. The van der Waals surface area contributed by atoms with Crippen molar-refractivity contribution in [1.82, 2.24) is 20.1 Å². The van der Waals surface area contributed by atoms with E-state index in [4.69, 9.17) is 4.74 Å². The Hall–Kier alpha value is -1.40. The largest absolute Gasteiger partial charge is 0.496 e. The van der Waals surface area contributed by atoms with Gasteiger partial charge in [0.15, 0.2) is 0 Å². The summed E-state index contributed by atoms with van der Waals surface area (Å²) in [4.78, 5) is 4.32. The Morgan fingerprint density at radius 2 is 2.10 bits per heavy atom. The molecule has 0 amide bonds. The zero-order valence-corrected chi connectivity index (χ0v) is 14.4. The fourth-order valence-electron chi connectivity index (χ4n) is 1.88. The second kappa shape index (κ2) is 6.58. The minimum atomic E-state index is 0.0555. The lowest BCUT2D eigenvalue weighted by atomic mass is 10.1. The number of hydrogen-bond donors (Lipinski definition) is 1. The topological polar surface area (TPSA) is 52.0 Å². The number of rotatable bonds is 5. The summed E-state index contributed by atoms with van der Waals surface area (Å²) in [6.45, 7) is 7.78. The van der Waals surface area contributed by atoms with Crippen molar-refractivity contribution in [2.45, 2.75) is 39.4 Å². The third-order valence-corrected chi connectivity index (χ3v) is 3.64. The van der Waals surface area contributed by atoms with E-state index < -0.39 is 0 Å². The molecule has 2 rings (SSSR count). The quantitative estimate of drug-likeness (QED) is 0.898. The van der Waals surface area contributed by atoms with Crippen LogP contribution in [0, 0.1) is 0 Å². The Morgan fingerprint density at radius 1 is 1.33 bits per heavy atom. The van der Waals surface area contributed by atoms with Gasteiger partial charge in [0, 0.05) is 5.54 Å². The van der Waals surface area contributed by atoms with Crippen LogP contribution in [-0.4, -0.2) is 27.4 Å². The van der Waals surface area contributed by atoms with E-state index in [2.05, 4.69) is 52.1 Å². The molecule has 5 nitrogen and oxygen atoms in total. The van der Waals surface area contributed by atoms with Crippen LogP contribution in [0.5, 0.6) is 5.75 Å². The number of nitrogens with one attached hydrogen (secondary N) is 1. The first kappa shape index (κ1) is 16.0. The fourth-order valence-corrected chi connectivity index (χ4v) is 2.47. The molecule has 1 aromatic carbocycles. The molecule has 0 atom stereocenters. The number of hydrogen-bond acceptors (Lipinski definition) is 4. The Labute approximate surface area is 133 Å². The van der Waals surface area contributed by atoms with E-state index in [1.165, 1.54) is 0 Å². The highest BCUT2D eigenvalue weighted by Crippen LogP contribution is 2.25. The molecule has 2 aromatic rings. The summed E-state index contributed by atoms with van der Waals surface area (Å²) in [6, 6.07) is 6.02. The highest BCUT2D eigenvalue weighted by Gasteiger charge is 2.12. The van der Waals surface area contributed by atoms with Crippen LogP contribution >= 0.6 is 15.9 Å². The van der Waals surface area contributed by atoms with Crippen molar-refractivity contribution >= 4 is 15.9 Å². The van der Waals surface area contributed by atoms with Gasteiger partial charge in [-0.1, -0.05) is 6.07 Å². The molecule has 0 radical (unpaired) electrons. The lowest BCUT2D eigenvalue weighted by Crippen LogP contribution is -2.36. The molecule has 6 heteroatoms. The number of ether oxygens (including phenoxy) is 1. The van der Waals surface area contributed by atoms with E-state index in [1.807, 2.05) is 22.9 Å². The number of halogens is 1. The predicted octanol–water partition coefficient (Wildman–Crippen LogP) is 2.99. The molecule has 0 aliphatic rings. The maximum Gasteiger partial charge on any atom is 0.141 e. The molecule has 21 heavy (non-hydrogen) atoms. The molecule has 0 aliphatic carbocycles. The number of benzene rings is 1. The van der Waals surface area contributed by atoms with E-state index in [1.54, 1.807) is 13.4 Å². The summed E-state index contributed by atoms with van der Waals surface area (Å²) >= 11 is 3.50. The van der Waals surface area contributed by atoms with Gasteiger partial charge in [0.05, 0.1) is 24.7 Å². The molecule has 114 valence electrons. The normalized spacial score (nSPS) is 11.7. The second-order valence-corrected chi connectivity index (χ2v) is 6.76. The van der Waals surface area contributed by atoms with Crippen molar-refractivity contribution < 1.29 is 4.74 Å². The van der Waals surface area contributed by atoms with E-state index in [-0.39, 0.29) is 5.54 Å². The Kier molecular flexibility index (Phi) is 5.00. The van der Waals surface area contributed by atoms with Gasteiger partial charge in [0.2, 0.25) is 0 Å². The molecule has 0 unspecified atom stereocenters. The average Bonchev–Trinajstić information content (AvgIpc) is 2.83. The highest BCUT2D eigenvalue weighted by atomic mass is 79.9. The summed E-state index contributed by atoms with van der Waals surface area (Å²) in [6.07, 6.45) is 1.60. The van der Waals surface area contributed by atoms with Gasteiger partial charge < -0.3 is 10.1 Å². The first-order valence-corrected chi connectivity index (χ1v) is 7.62. The summed E-state index contributed by atoms with van der Waals surface area (Å²) in [5.41, 5.74) is 1.20. The van der Waals surface area contributed by atoms with Crippen LogP contribution in [0.3, 0.4) is 0 Å². The SMILES string of the molecule is COc1ccc(Cn2ncnc2CNC(C)(C)C)cc1Br. The van der Waals surface area contributed by atoms with Crippen LogP contribution in [0.1, 0.15) is 32.2 Å². The molecule has 1 aromatic heterocycles. The van der Waals surface area contributed by atoms with Crippen molar-refractivity contribution in [3.63, 3.8) is 0 Å². The van der Waals surface area contributed by atoms with Crippen LogP contribution in [0.2, 0.25) is 0 Å². The molecule has 1 heterocycles. The van der Waals surface area contributed by atoms with Gasteiger partial charge in [-0.25, -0.2) is 9.67 Å². The zero-order valence-electron chi connectivity index (χ0n) is 12.9. The summed E-state index contributed by atoms with van der Waals surface area (Å²) in [5.74, 6) is 1.75. The first-order valence-electron chi connectivity index (χ1n) is 6.83. The van der Waals surface area contributed by atoms with E-state index in [9.17, 15) is 0 Å². The lowest BCUT2D eigenvalue weighted by Gasteiger charge is -2.20. The Morgan fingerprint density at radius 3 is 2.71 bits per heavy atom. The number of nitrogens with zero attached hydrogens (tertiary/aromatic N) is 3. The van der Waals surface area contributed by atoms with Crippen LogP contribution < -0.4 is 10.1 Å². The van der Waals surface area contributed by atoms with Crippen molar-refractivity contribution in [2.24, 2.45) is 0 Å². The Bertz CT molecular complexity index is 604. The van der Waals surface area contributed by atoms with Crippen LogP contribution in [0.15, 0.2) is 29.0 Å². The molecule has 1 N–H and O–H groups in total. The molecule has 0 spiro atoms. The van der Waals surface area contributed by atoms with Gasteiger partial charge in [-0.05, 0) is 54.4 Å². The molecule has 0 bridgehead atoms. The molecular weight excluding hydrogens is 332 g/mol. The van der Waals surface area contributed by atoms with Crippen molar-refractivity contribution in [3.8, 4) is 5.75 Å². The van der Waals surface area contributed by atoms with E-state index >= 15 is 0 Å². The zero-order chi connectivity index (χ0) is 15.5. The monoisotopic (exact) mass is 352 g/mol. The smallest absolute Gasteiger partial charge is 0.141 e. The van der Waals surface area contributed by atoms with Gasteiger partial charge in [0.25, 0.3) is 0 Å². The molecule has 0 aliphatic heterocycles. The predicted molar refractivity (Wildman–Crippen MR) is 86.4 cm³/mol.